The summed E-state index contributed by atoms with van der Waals surface area (Å²) in [5, 5.41) is 10.7. The number of imidazole rings is 1. The van der Waals surface area contributed by atoms with Crippen molar-refractivity contribution >= 4 is 34.3 Å². The standard InChI is InChI=1S/C13H17ClN6/c1-7(2)20-6-16-10-11(17-9(4)5-8(3)15)18-13(14)19-12(10)20/h5-7,15H,1-4H3,(H,17,18,19)/b9-5-,15-8?. The molecule has 2 rings (SSSR count). The molecule has 20 heavy (non-hydrogen) atoms. The van der Waals surface area contributed by atoms with Gasteiger partial charge in [-0.05, 0) is 45.4 Å². The van der Waals surface area contributed by atoms with Gasteiger partial charge in [0.15, 0.2) is 17.0 Å². The molecule has 2 heterocycles. The molecule has 0 amide bonds. The van der Waals surface area contributed by atoms with Gasteiger partial charge in [-0.3, -0.25) is 0 Å². The quantitative estimate of drug-likeness (QED) is 0.668. The summed E-state index contributed by atoms with van der Waals surface area (Å²) >= 11 is 5.98. The lowest BCUT2D eigenvalue weighted by atomic mass is 10.3. The number of aromatic nitrogens is 4. The van der Waals surface area contributed by atoms with Gasteiger partial charge >= 0.3 is 0 Å². The van der Waals surface area contributed by atoms with E-state index in [1.165, 1.54) is 0 Å². The summed E-state index contributed by atoms with van der Waals surface area (Å²) in [4.78, 5) is 12.8. The molecule has 106 valence electrons. The second-order valence-electron chi connectivity index (χ2n) is 4.89. The summed E-state index contributed by atoms with van der Waals surface area (Å²) < 4.78 is 1.94. The first-order valence-electron chi connectivity index (χ1n) is 6.29. The molecule has 6 nitrogen and oxygen atoms in total. The Bertz CT molecular complexity index is 685. The summed E-state index contributed by atoms with van der Waals surface area (Å²) in [6.07, 6.45) is 3.44. The third kappa shape index (κ3) is 2.96. The van der Waals surface area contributed by atoms with Crippen LogP contribution in [0.5, 0.6) is 0 Å². The van der Waals surface area contributed by atoms with Gasteiger partial charge in [-0.1, -0.05) is 0 Å². The first-order chi connectivity index (χ1) is 9.38. The first-order valence-corrected chi connectivity index (χ1v) is 6.67. The summed E-state index contributed by atoms with van der Waals surface area (Å²) in [7, 11) is 0. The maximum atomic E-state index is 7.46. The fourth-order valence-electron chi connectivity index (χ4n) is 1.90. The van der Waals surface area contributed by atoms with Crippen LogP contribution in [-0.2, 0) is 0 Å². The minimum absolute atomic E-state index is 0.168. The van der Waals surface area contributed by atoms with E-state index in [0.29, 0.717) is 22.7 Å². The van der Waals surface area contributed by atoms with E-state index < -0.39 is 0 Å². The minimum atomic E-state index is 0.168. The number of anilines is 1. The molecule has 0 aliphatic heterocycles. The predicted molar refractivity (Wildman–Crippen MR) is 81.5 cm³/mol. The van der Waals surface area contributed by atoms with Crippen molar-refractivity contribution in [2.75, 3.05) is 5.32 Å². The lowest BCUT2D eigenvalue weighted by molar-refractivity contribution is 0.612. The summed E-state index contributed by atoms with van der Waals surface area (Å²) in [6.45, 7) is 7.67. The van der Waals surface area contributed by atoms with Crippen molar-refractivity contribution in [3.8, 4) is 0 Å². The average molecular weight is 293 g/mol. The van der Waals surface area contributed by atoms with Crippen molar-refractivity contribution in [2.24, 2.45) is 0 Å². The number of rotatable bonds is 4. The van der Waals surface area contributed by atoms with Crippen LogP contribution in [0.25, 0.3) is 11.2 Å². The molecule has 0 saturated carbocycles. The Labute approximate surface area is 122 Å². The lowest BCUT2D eigenvalue weighted by Gasteiger charge is -2.09. The van der Waals surface area contributed by atoms with Gasteiger partial charge in [0.05, 0.1) is 6.33 Å². The molecule has 0 aliphatic carbocycles. The molecular weight excluding hydrogens is 276 g/mol. The van der Waals surface area contributed by atoms with Gasteiger partial charge in [0.1, 0.15) is 0 Å². The molecular formula is C13H17ClN6. The Morgan fingerprint density at radius 3 is 2.70 bits per heavy atom. The fraction of sp³-hybridized carbons (Fsp3) is 0.385. The molecule has 2 aromatic rings. The summed E-state index contributed by atoms with van der Waals surface area (Å²) in [5.74, 6) is 0.550. The first kappa shape index (κ1) is 14.5. The zero-order chi connectivity index (χ0) is 14.9. The van der Waals surface area contributed by atoms with Gasteiger partial charge < -0.3 is 15.3 Å². The minimum Gasteiger partial charge on any atom is -0.342 e. The number of hydrogen-bond donors (Lipinski definition) is 2. The van der Waals surface area contributed by atoms with Crippen LogP contribution in [0.15, 0.2) is 18.1 Å². The van der Waals surface area contributed by atoms with Crippen LogP contribution in [0.2, 0.25) is 5.28 Å². The Morgan fingerprint density at radius 1 is 1.40 bits per heavy atom. The van der Waals surface area contributed by atoms with Gasteiger partial charge in [0, 0.05) is 17.5 Å². The van der Waals surface area contributed by atoms with Crippen molar-refractivity contribution in [3.05, 3.63) is 23.4 Å². The van der Waals surface area contributed by atoms with Crippen molar-refractivity contribution in [1.29, 1.82) is 5.41 Å². The number of halogens is 1. The van der Waals surface area contributed by atoms with E-state index in [9.17, 15) is 0 Å². The molecule has 7 heteroatoms. The van der Waals surface area contributed by atoms with Gasteiger partial charge in [0.25, 0.3) is 0 Å². The molecule has 0 aromatic carbocycles. The number of fused-ring (bicyclic) bond motifs is 1. The molecule has 2 N–H and O–H groups in total. The van der Waals surface area contributed by atoms with Crippen LogP contribution in [-0.4, -0.2) is 25.2 Å². The van der Waals surface area contributed by atoms with Gasteiger partial charge in [0.2, 0.25) is 5.28 Å². The highest BCUT2D eigenvalue weighted by molar-refractivity contribution is 6.28. The van der Waals surface area contributed by atoms with Gasteiger partial charge in [-0.2, -0.15) is 9.97 Å². The molecule has 0 aliphatic rings. The number of nitrogens with one attached hydrogen (secondary N) is 2. The second-order valence-corrected chi connectivity index (χ2v) is 5.23. The van der Waals surface area contributed by atoms with Gasteiger partial charge in [-0.15, -0.1) is 0 Å². The van der Waals surface area contributed by atoms with E-state index in [2.05, 4.69) is 20.3 Å². The molecule has 2 aromatic heterocycles. The van der Waals surface area contributed by atoms with Crippen LogP contribution < -0.4 is 5.32 Å². The molecule has 0 atom stereocenters. The van der Waals surface area contributed by atoms with Crippen LogP contribution in [0.3, 0.4) is 0 Å². The molecule has 0 unspecified atom stereocenters. The predicted octanol–water partition coefficient (Wildman–Crippen LogP) is 3.42. The van der Waals surface area contributed by atoms with Crippen LogP contribution in [0.1, 0.15) is 33.7 Å². The maximum Gasteiger partial charge on any atom is 0.226 e. The Kier molecular flexibility index (Phi) is 4.04. The van der Waals surface area contributed by atoms with Crippen LogP contribution in [0, 0.1) is 5.41 Å². The Morgan fingerprint density at radius 2 is 2.10 bits per heavy atom. The smallest absolute Gasteiger partial charge is 0.226 e. The van der Waals surface area contributed by atoms with Gasteiger partial charge in [-0.25, -0.2) is 4.98 Å². The zero-order valence-electron chi connectivity index (χ0n) is 11.9. The average Bonchev–Trinajstić information content (AvgIpc) is 2.71. The van der Waals surface area contributed by atoms with Crippen molar-refractivity contribution in [2.45, 2.75) is 33.7 Å². The topological polar surface area (TPSA) is 79.5 Å². The van der Waals surface area contributed by atoms with E-state index in [4.69, 9.17) is 17.0 Å². The SMILES string of the molecule is CC(=N)/C=C(/C)Nc1nc(Cl)nc2c1ncn2C(C)C. The second kappa shape index (κ2) is 5.58. The highest BCUT2D eigenvalue weighted by Crippen LogP contribution is 2.24. The Balaban J connectivity index is 2.51. The summed E-state index contributed by atoms with van der Waals surface area (Å²) in [5.41, 5.74) is 2.62. The third-order valence-electron chi connectivity index (χ3n) is 2.70. The molecule has 0 bridgehead atoms. The van der Waals surface area contributed by atoms with E-state index in [1.54, 1.807) is 19.3 Å². The lowest BCUT2D eigenvalue weighted by Crippen LogP contribution is -2.04. The van der Waals surface area contributed by atoms with Crippen LogP contribution in [0.4, 0.5) is 5.82 Å². The highest BCUT2D eigenvalue weighted by atomic mass is 35.5. The van der Waals surface area contributed by atoms with Crippen LogP contribution >= 0.6 is 11.6 Å². The van der Waals surface area contributed by atoms with E-state index in [0.717, 1.165) is 5.70 Å². The maximum absolute atomic E-state index is 7.46. The normalized spacial score (nSPS) is 12.2. The number of allylic oxidation sites excluding steroid dienone is 2. The molecule has 0 radical (unpaired) electrons. The highest BCUT2D eigenvalue weighted by Gasteiger charge is 2.14. The number of hydrogen-bond acceptors (Lipinski definition) is 5. The number of nitrogens with zero attached hydrogens (tertiary/aromatic N) is 4. The summed E-state index contributed by atoms with van der Waals surface area (Å²) in [6, 6.07) is 0.235. The van der Waals surface area contributed by atoms with Crippen molar-refractivity contribution in [3.63, 3.8) is 0 Å². The fourth-order valence-corrected chi connectivity index (χ4v) is 2.07. The van der Waals surface area contributed by atoms with E-state index in [1.807, 2.05) is 25.3 Å². The largest absolute Gasteiger partial charge is 0.342 e. The molecule has 0 saturated heterocycles. The van der Waals surface area contributed by atoms with Crippen molar-refractivity contribution < 1.29 is 0 Å². The van der Waals surface area contributed by atoms with E-state index in [-0.39, 0.29) is 11.3 Å². The third-order valence-corrected chi connectivity index (χ3v) is 2.87. The molecule has 0 spiro atoms. The van der Waals surface area contributed by atoms with E-state index >= 15 is 0 Å². The Hall–Kier alpha value is -1.95. The monoisotopic (exact) mass is 292 g/mol. The zero-order valence-corrected chi connectivity index (χ0v) is 12.7. The van der Waals surface area contributed by atoms with Crippen molar-refractivity contribution in [1.82, 2.24) is 19.5 Å². The molecule has 0 fully saturated rings.